The van der Waals surface area contributed by atoms with Crippen molar-refractivity contribution in [1.82, 2.24) is 29.5 Å². The molecular formula is C29H32FN7OS. The summed E-state index contributed by atoms with van der Waals surface area (Å²) in [5.74, 6) is 0.614. The van der Waals surface area contributed by atoms with Gasteiger partial charge in [-0.15, -0.1) is 0 Å². The fraction of sp³-hybridized carbons (Fsp3) is 0.310. The minimum atomic E-state index is -0.253. The lowest BCUT2D eigenvalue weighted by Gasteiger charge is -2.41. The van der Waals surface area contributed by atoms with Crippen LogP contribution in [0.4, 0.5) is 4.39 Å². The number of nitrogens with zero attached hydrogens (tertiary/aromatic N) is 6. The molecular weight excluding hydrogens is 513 g/mol. The normalized spacial score (nSPS) is 18.6. The number of ether oxygens (including phenoxy) is 1. The first-order valence-corrected chi connectivity index (χ1v) is 13.8. The maximum Gasteiger partial charge on any atom is 0.126 e. The van der Waals surface area contributed by atoms with Gasteiger partial charge in [0.05, 0.1) is 31.1 Å². The molecule has 6 rings (SSSR count). The van der Waals surface area contributed by atoms with Crippen molar-refractivity contribution < 1.29 is 9.13 Å². The smallest absolute Gasteiger partial charge is 0.126 e. The first kappa shape index (κ1) is 25.8. The molecule has 3 heterocycles. The number of benzene rings is 3. The van der Waals surface area contributed by atoms with Gasteiger partial charge in [-0.05, 0) is 84.1 Å². The summed E-state index contributed by atoms with van der Waals surface area (Å²) in [7, 11) is 3.62. The largest absolute Gasteiger partial charge is 0.497 e. The summed E-state index contributed by atoms with van der Waals surface area (Å²) < 4.78 is 23.2. The maximum atomic E-state index is 13.5. The van der Waals surface area contributed by atoms with Gasteiger partial charge in [0.1, 0.15) is 16.6 Å². The Morgan fingerprint density at radius 2 is 1.87 bits per heavy atom. The number of hydrogen-bond donors (Lipinski definition) is 1. The van der Waals surface area contributed by atoms with Crippen LogP contribution in [0.3, 0.4) is 0 Å². The van der Waals surface area contributed by atoms with E-state index in [0.29, 0.717) is 0 Å². The van der Waals surface area contributed by atoms with Gasteiger partial charge in [-0.2, -0.15) is 10.2 Å². The highest BCUT2D eigenvalue weighted by atomic mass is 32.2. The molecule has 0 amide bonds. The van der Waals surface area contributed by atoms with Crippen LogP contribution in [0, 0.1) is 12.7 Å². The molecule has 1 saturated heterocycles. The zero-order chi connectivity index (χ0) is 26.9. The Morgan fingerprint density at radius 3 is 2.59 bits per heavy atom. The summed E-state index contributed by atoms with van der Waals surface area (Å²) in [5, 5.41) is 13.1. The van der Waals surface area contributed by atoms with E-state index < -0.39 is 0 Å². The Balaban J connectivity index is 1.32. The van der Waals surface area contributed by atoms with Crippen molar-refractivity contribution in [3.63, 3.8) is 0 Å². The van der Waals surface area contributed by atoms with Crippen molar-refractivity contribution in [2.75, 3.05) is 40.3 Å². The lowest BCUT2D eigenvalue weighted by atomic mass is 9.96. The maximum absolute atomic E-state index is 13.5. The van der Waals surface area contributed by atoms with Crippen LogP contribution in [0.15, 0.2) is 72.0 Å². The molecule has 1 aromatic heterocycles. The quantitative estimate of drug-likeness (QED) is 0.351. The number of aromatic nitrogens is 2. The number of nitrogens with one attached hydrogen (secondary N) is 1. The van der Waals surface area contributed by atoms with E-state index in [1.54, 1.807) is 36.3 Å². The van der Waals surface area contributed by atoms with Crippen LogP contribution in [0.5, 0.6) is 5.75 Å². The zero-order valence-electron chi connectivity index (χ0n) is 22.3. The minimum absolute atomic E-state index is 0.194. The van der Waals surface area contributed by atoms with Crippen LogP contribution >= 0.6 is 11.9 Å². The lowest BCUT2D eigenvalue weighted by Crippen LogP contribution is -2.46. The molecule has 10 heteroatoms. The van der Waals surface area contributed by atoms with E-state index in [9.17, 15) is 4.39 Å². The number of hydrazone groups is 1. The summed E-state index contributed by atoms with van der Waals surface area (Å²) in [6, 6.07) is 19.5. The molecule has 8 nitrogen and oxygen atoms in total. The summed E-state index contributed by atoms with van der Waals surface area (Å²) >= 11 is 1.74. The number of methoxy groups -OCH3 is 1. The Hall–Kier alpha value is -3.44. The first-order chi connectivity index (χ1) is 19.0. The van der Waals surface area contributed by atoms with Crippen LogP contribution in [0.2, 0.25) is 0 Å². The van der Waals surface area contributed by atoms with Gasteiger partial charge in [0, 0.05) is 44.7 Å². The van der Waals surface area contributed by atoms with Gasteiger partial charge in [-0.25, -0.2) is 23.9 Å². The molecule has 2 aliphatic rings. The fourth-order valence-electron chi connectivity index (χ4n) is 5.29. The molecule has 1 fully saturated rings. The fourth-order valence-corrected chi connectivity index (χ4v) is 6.27. The molecule has 0 bridgehead atoms. The number of aryl methyl sites for hydroxylation is 1. The molecule has 0 spiro atoms. The Labute approximate surface area is 232 Å². The third kappa shape index (κ3) is 5.51. The standard InChI is InChI=1S/C29H32FN7OS/c1-20-14-27-22(16-32-37(27)24-8-6-23(30)7-9-24)15-26(20)28-19-36(39-29-17-31-34(2)33-29)13-12-35(28)18-21-4-10-25(38-3)11-5-21/h4-11,14-16,28,31H,12-13,17-19H2,1-3H3. The number of rotatable bonds is 6. The van der Waals surface area contributed by atoms with Gasteiger partial charge >= 0.3 is 0 Å². The summed E-state index contributed by atoms with van der Waals surface area (Å²) in [4.78, 5) is 2.57. The number of hydrazine groups is 1. The van der Waals surface area contributed by atoms with E-state index >= 15 is 0 Å². The van der Waals surface area contributed by atoms with Gasteiger partial charge in [0.25, 0.3) is 0 Å². The van der Waals surface area contributed by atoms with Gasteiger partial charge < -0.3 is 4.74 Å². The molecule has 1 unspecified atom stereocenters. The van der Waals surface area contributed by atoms with Crippen LogP contribution < -0.4 is 10.2 Å². The topological polar surface area (TPSA) is 61.2 Å². The molecule has 0 radical (unpaired) electrons. The highest BCUT2D eigenvalue weighted by molar-refractivity contribution is 8.12. The molecule has 3 aromatic carbocycles. The minimum Gasteiger partial charge on any atom is -0.497 e. The van der Waals surface area contributed by atoms with Crippen LogP contribution in [0.1, 0.15) is 22.7 Å². The first-order valence-electron chi connectivity index (χ1n) is 13.1. The van der Waals surface area contributed by atoms with E-state index in [0.717, 1.165) is 60.1 Å². The van der Waals surface area contributed by atoms with Crippen molar-refractivity contribution in [1.29, 1.82) is 0 Å². The van der Waals surface area contributed by atoms with E-state index in [1.807, 2.05) is 30.1 Å². The van der Waals surface area contributed by atoms with Crippen molar-refractivity contribution >= 4 is 27.9 Å². The van der Waals surface area contributed by atoms with Crippen LogP contribution in [0.25, 0.3) is 16.6 Å². The number of halogens is 1. The molecule has 0 aliphatic carbocycles. The predicted molar refractivity (Wildman–Crippen MR) is 154 cm³/mol. The zero-order valence-corrected chi connectivity index (χ0v) is 23.2. The third-order valence-corrected chi connectivity index (χ3v) is 8.37. The van der Waals surface area contributed by atoms with Crippen molar-refractivity contribution in [2.24, 2.45) is 5.10 Å². The summed E-state index contributed by atoms with van der Waals surface area (Å²) in [6.45, 7) is 6.54. The van der Waals surface area contributed by atoms with E-state index in [2.05, 4.69) is 56.0 Å². The van der Waals surface area contributed by atoms with Gasteiger partial charge in [0.15, 0.2) is 0 Å². The van der Waals surface area contributed by atoms with E-state index in [4.69, 9.17) is 4.74 Å². The second-order valence-corrected chi connectivity index (χ2v) is 11.1. The second kappa shape index (κ2) is 11.0. The average molecular weight is 546 g/mol. The Kier molecular flexibility index (Phi) is 7.26. The summed E-state index contributed by atoms with van der Waals surface area (Å²) in [5.41, 5.74) is 8.86. The third-order valence-electron chi connectivity index (χ3n) is 7.34. The van der Waals surface area contributed by atoms with E-state index in [1.165, 1.54) is 28.8 Å². The predicted octanol–water partition coefficient (Wildman–Crippen LogP) is 4.75. The second-order valence-electron chi connectivity index (χ2n) is 9.97. The Morgan fingerprint density at radius 1 is 1.08 bits per heavy atom. The van der Waals surface area contributed by atoms with Gasteiger partial charge in [-0.1, -0.05) is 12.1 Å². The highest BCUT2D eigenvalue weighted by Crippen LogP contribution is 2.35. The lowest BCUT2D eigenvalue weighted by molar-refractivity contribution is 0.116. The number of fused-ring (bicyclic) bond motifs is 1. The van der Waals surface area contributed by atoms with Crippen molar-refractivity contribution in [3.8, 4) is 11.4 Å². The monoisotopic (exact) mass is 545 g/mol. The van der Waals surface area contributed by atoms with Gasteiger partial charge in [-0.3, -0.25) is 4.90 Å². The molecule has 0 saturated carbocycles. The molecule has 202 valence electrons. The highest BCUT2D eigenvalue weighted by Gasteiger charge is 2.31. The number of hydrogen-bond acceptors (Lipinski definition) is 8. The molecule has 2 aliphatic heterocycles. The van der Waals surface area contributed by atoms with Crippen LogP contribution in [-0.2, 0) is 6.54 Å². The molecule has 4 aromatic rings. The van der Waals surface area contributed by atoms with Crippen LogP contribution in [-0.4, -0.2) is 69.5 Å². The van der Waals surface area contributed by atoms with Gasteiger partial charge in [0.2, 0.25) is 0 Å². The SMILES string of the molecule is COc1ccc(CN2CCN(SC3=NN(C)NC3)CC2c2cc3cnn(-c4ccc(F)cc4)c3cc2C)cc1. The average Bonchev–Trinajstić information content (AvgIpc) is 3.55. The van der Waals surface area contributed by atoms with Crippen molar-refractivity contribution in [2.45, 2.75) is 19.5 Å². The summed E-state index contributed by atoms with van der Waals surface area (Å²) in [6.07, 6.45) is 1.90. The van der Waals surface area contributed by atoms with Crippen molar-refractivity contribution in [3.05, 3.63) is 89.4 Å². The Bertz CT molecular complexity index is 1490. The molecule has 1 N–H and O–H groups in total. The molecule has 1 atom stereocenters. The number of piperazine rings is 1. The molecule has 39 heavy (non-hydrogen) atoms. The van der Waals surface area contributed by atoms with E-state index in [-0.39, 0.29) is 11.9 Å².